The molecule has 0 radical (unpaired) electrons. The molecule has 0 aliphatic heterocycles. The lowest BCUT2D eigenvalue weighted by atomic mass is 9.70. The molecule has 5 heteroatoms. The van der Waals surface area contributed by atoms with Gasteiger partial charge in [0.1, 0.15) is 17.1 Å². The van der Waals surface area contributed by atoms with E-state index in [-0.39, 0.29) is 22.1 Å². The molecule has 2 bridgehead atoms. The molecule has 2 aliphatic rings. The average molecular weight is 332 g/mol. The van der Waals surface area contributed by atoms with Crippen LogP contribution >= 0.6 is 0 Å². The third-order valence-electron chi connectivity index (χ3n) is 5.85. The number of para-hydroxylation sites is 1. The van der Waals surface area contributed by atoms with Gasteiger partial charge >= 0.3 is 11.9 Å². The Labute approximate surface area is 142 Å². The lowest BCUT2D eigenvalue weighted by Gasteiger charge is -2.32. The summed E-state index contributed by atoms with van der Waals surface area (Å²) in [4.78, 5) is 32.8. The van der Waals surface area contributed by atoms with Crippen molar-refractivity contribution in [1.29, 1.82) is 0 Å². The summed E-state index contributed by atoms with van der Waals surface area (Å²) in [6, 6.07) is 5.98. The van der Waals surface area contributed by atoms with Crippen molar-refractivity contribution in [3.63, 3.8) is 0 Å². The summed E-state index contributed by atoms with van der Waals surface area (Å²) in [5, 5.41) is 8.69. The normalized spacial score (nSPS) is 26.5. The molecule has 0 heterocycles. The Balaban J connectivity index is 0.000000175. The maximum atomic E-state index is 11.6. The maximum Gasteiger partial charge on any atom is 0.339 e. The van der Waals surface area contributed by atoms with E-state index in [0.29, 0.717) is 11.7 Å². The van der Waals surface area contributed by atoms with Crippen LogP contribution in [-0.4, -0.2) is 22.8 Å². The molecule has 0 aromatic heterocycles. The highest BCUT2D eigenvalue weighted by Crippen LogP contribution is 2.63. The van der Waals surface area contributed by atoms with Crippen LogP contribution in [0.5, 0.6) is 5.75 Å². The molecular formula is C19H24O5. The first-order valence-electron chi connectivity index (χ1n) is 8.13. The van der Waals surface area contributed by atoms with Crippen molar-refractivity contribution in [3.05, 3.63) is 29.8 Å². The minimum Gasteiger partial charge on any atom is -0.478 e. The van der Waals surface area contributed by atoms with Crippen molar-refractivity contribution < 1.29 is 24.2 Å². The summed E-state index contributed by atoms with van der Waals surface area (Å²) in [6.45, 7) is 7.89. The van der Waals surface area contributed by atoms with Crippen molar-refractivity contribution >= 4 is 17.7 Å². The molecule has 130 valence electrons. The fraction of sp³-hybridized carbons (Fsp3) is 0.526. The molecule has 2 saturated carbocycles. The number of benzene rings is 1. The number of carbonyl (C=O) groups is 3. The van der Waals surface area contributed by atoms with Crippen LogP contribution in [0.4, 0.5) is 0 Å². The molecule has 2 atom stereocenters. The lowest BCUT2D eigenvalue weighted by molar-refractivity contribution is -0.132. The van der Waals surface area contributed by atoms with Gasteiger partial charge in [-0.2, -0.15) is 0 Å². The summed E-state index contributed by atoms with van der Waals surface area (Å²) >= 11 is 0. The highest BCUT2D eigenvalue weighted by molar-refractivity contribution is 5.91. The van der Waals surface area contributed by atoms with Crippen LogP contribution in [0.1, 0.15) is 57.3 Å². The second-order valence-electron chi connectivity index (χ2n) is 7.31. The topological polar surface area (TPSA) is 80.7 Å². The van der Waals surface area contributed by atoms with Gasteiger partial charge in [0.2, 0.25) is 0 Å². The number of hydrogen-bond acceptors (Lipinski definition) is 4. The first-order valence-corrected chi connectivity index (χ1v) is 8.13. The largest absolute Gasteiger partial charge is 0.478 e. The van der Waals surface area contributed by atoms with Gasteiger partial charge < -0.3 is 9.84 Å². The number of Topliss-reactive ketones (excluding diaryl/α,β-unsaturated/α-hetero) is 1. The van der Waals surface area contributed by atoms with E-state index in [4.69, 9.17) is 5.11 Å². The molecule has 1 aromatic carbocycles. The van der Waals surface area contributed by atoms with Gasteiger partial charge in [0.25, 0.3) is 0 Å². The minimum absolute atomic E-state index is 0.0160. The Morgan fingerprint density at radius 3 is 2.21 bits per heavy atom. The van der Waals surface area contributed by atoms with E-state index in [1.165, 1.54) is 25.5 Å². The third kappa shape index (κ3) is 3.07. The van der Waals surface area contributed by atoms with Gasteiger partial charge in [-0.25, -0.2) is 4.79 Å². The number of hydrogen-bond donors (Lipinski definition) is 1. The second-order valence-corrected chi connectivity index (χ2v) is 7.31. The molecule has 0 amide bonds. The Hall–Kier alpha value is -2.17. The van der Waals surface area contributed by atoms with Crippen molar-refractivity contribution in [1.82, 2.24) is 0 Å². The summed E-state index contributed by atoms with van der Waals surface area (Å²) in [7, 11) is 0. The van der Waals surface area contributed by atoms with E-state index in [1.54, 1.807) is 12.1 Å². The average Bonchev–Trinajstić information content (AvgIpc) is 2.81. The summed E-state index contributed by atoms with van der Waals surface area (Å²) in [6.07, 6.45) is 3.25. The molecule has 0 spiro atoms. The van der Waals surface area contributed by atoms with Crippen molar-refractivity contribution in [3.8, 4) is 5.75 Å². The van der Waals surface area contributed by atoms with E-state index in [1.807, 2.05) is 0 Å². The first kappa shape index (κ1) is 18.2. The molecule has 3 rings (SSSR count). The maximum absolute atomic E-state index is 11.6. The number of carbonyl (C=O) groups excluding carboxylic acids is 2. The predicted molar refractivity (Wildman–Crippen MR) is 88.9 cm³/mol. The Kier molecular flexibility index (Phi) is 4.83. The number of fused-ring (bicyclic) bond motifs is 2. The van der Waals surface area contributed by atoms with Crippen LogP contribution in [0.3, 0.4) is 0 Å². The van der Waals surface area contributed by atoms with E-state index in [0.717, 1.165) is 12.8 Å². The van der Waals surface area contributed by atoms with Crippen LogP contribution in [0, 0.1) is 16.7 Å². The zero-order valence-electron chi connectivity index (χ0n) is 14.6. The molecule has 1 aromatic rings. The molecule has 0 saturated heterocycles. The van der Waals surface area contributed by atoms with E-state index >= 15 is 0 Å². The zero-order chi connectivity index (χ0) is 18.1. The number of aromatic carboxylic acids is 1. The van der Waals surface area contributed by atoms with Crippen molar-refractivity contribution in [2.45, 2.75) is 47.0 Å². The quantitative estimate of drug-likeness (QED) is 0.659. The third-order valence-corrected chi connectivity index (χ3v) is 5.85. The van der Waals surface area contributed by atoms with Gasteiger partial charge in [-0.3, -0.25) is 9.59 Å². The number of rotatable bonds is 2. The van der Waals surface area contributed by atoms with Crippen LogP contribution < -0.4 is 4.74 Å². The Morgan fingerprint density at radius 1 is 1.21 bits per heavy atom. The van der Waals surface area contributed by atoms with Crippen LogP contribution in [0.25, 0.3) is 0 Å². The number of ketones is 1. The highest BCUT2D eigenvalue weighted by Gasteiger charge is 2.61. The van der Waals surface area contributed by atoms with E-state index < -0.39 is 11.9 Å². The Bertz CT molecular complexity index is 676. The number of carboxylic acids is 1. The molecular weight excluding hydrogens is 308 g/mol. The molecule has 2 unspecified atom stereocenters. The summed E-state index contributed by atoms with van der Waals surface area (Å²) < 4.78 is 4.69. The number of esters is 1. The van der Waals surface area contributed by atoms with E-state index in [2.05, 4.69) is 25.5 Å². The van der Waals surface area contributed by atoms with Crippen molar-refractivity contribution in [2.24, 2.45) is 16.7 Å². The molecule has 2 aliphatic carbocycles. The minimum atomic E-state index is -1.11. The molecule has 5 nitrogen and oxygen atoms in total. The highest BCUT2D eigenvalue weighted by atomic mass is 16.5. The van der Waals surface area contributed by atoms with Crippen LogP contribution in [0.2, 0.25) is 0 Å². The van der Waals surface area contributed by atoms with Gasteiger partial charge in [-0.1, -0.05) is 32.9 Å². The lowest BCUT2D eigenvalue weighted by Crippen LogP contribution is -2.32. The van der Waals surface area contributed by atoms with Crippen molar-refractivity contribution in [2.75, 3.05) is 0 Å². The monoisotopic (exact) mass is 332 g/mol. The molecule has 2 fully saturated rings. The smallest absolute Gasteiger partial charge is 0.339 e. The van der Waals surface area contributed by atoms with Gasteiger partial charge in [0.15, 0.2) is 0 Å². The van der Waals surface area contributed by atoms with E-state index in [9.17, 15) is 14.4 Å². The van der Waals surface area contributed by atoms with Crippen LogP contribution in [0.15, 0.2) is 24.3 Å². The number of carboxylic acid groups (broad SMARTS) is 1. The predicted octanol–water partition coefficient (Wildman–Crippen LogP) is 3.71. The standard InChI is InChI=1S/C10H16O.C9H8O4/c1-9(2)7-4-5-10(9,3)8(11)6-7;1-6(10)13-8-5-3-2-4-7(8)9(11)12/h7H,4-6H2,1-3H3;2-5H,1H3,(H,11,12). The fourth-order valence-corrected chi connectivity index (χ4v) is 3.79. The number of ether oxygens (including phenoxy) is 1. The van der Waals surface area contributed by atoms with Gasteiger partial charge in [0.05, 0.1) is 0 Å². The van der Waals surface area contributed by atoms with Crippen LogP contribution in [-0.2, 0) is 9.59 Å². The summed E-state index contributed by atoms with van der Waals surface area (Å²) in [5.41, 5.74) is 0.291. The van der Waals surface area contributed by atoms with Gasteiger partial charge in [-0.15, -0.1) is 0 Å². The molecule has 24 heavy (non-hydrogen) atoms. The SMILES string of the molecule is CC(=O)Oc1ccccc1C(=O)O.CC12CCC(CC1=O)C2(C)C. The van der Waals surface area contributed by atoms with Gasteiger partial charge in [0, 0.05) is 18.8 Å². The second kappa shape index (κ2) is 6.38. The Morgan fingerprint density at radius 2 is 1.83 bits per heavy atom. The summed E-state index contributed by atoms with van der Waals surface area (Å²) in [5.74, 6) is -0.383. The van der Waals surface area contributed by atoms with Gasteiger partial charge in [-0.05, 0) is 36.3 Å². The molecule has 1 N–H and O–H groups in total. The zero-order valence-corrected chi connectivity index (χ0v) is 14.6. The fourth-order valence-electron chi connectivity index (χ4n) is 3.79. The first-order chi connectivity index (χ1) is 11.1.